The first-order valence-corrected chi connectivity index (χ1v) is 7.04. The van der Waals surface area contributed by atoms with Gasteiger partial charge in [-0.25, -0.2) is 4.98 Å². The second-order valence-electron chi connectivity index (χ2n) is 4.39. The molecule has 0 saturated heterocycles. The van der Waals surface area contributed by atoms with Gasteiger partial charge in [0, 0.05) is 10.9 Å². The van der Waals surface area contributed by atoms with Gasteiger partial charge < -0.3 is 0 Å². The van der Waals surface area contributed by atoms with Crippen molar-refractivity contribution >= 4 is 11.3 Å². The molecule has 1 atom stereocenters. The Morgan fingerprint density at radius 2 is 2.06 bits per heavy atom. The van der Waals surface area contributed by atoms with Gasteiger partial charge in [0.05, 0.1) is 18.2 Å². The minimum atomic E-state index is 0.398. The second-order valence-corrected chi connectivity index (χ2v) is 5.34. The highest BCUT2D eigenvalue weighted by molar-refractivity contribution is 7.10. The molecule has 2 nitrogen and oxygen atoms in total. The van der Waals surface area contributed by atoms with Gasteiger partial charge in [0.15, 0.2) is 0 Å². The van der Waals surface area contributed by atoms with Gasteiger partial charge in [0.1, 0.15) is 5.01 Å². The van der Waals surface area contributed by atoms with E-state index in [1.165, 1.54) is 5.56 Å². The predicted molar refractivity (Wildman–Crippen MR) is 75.6 cm³/mol. The minimum absolute atomic E-state index is 0.398. The Kier molecular flexibility index (Phi) is 4.11. The summed E-state index contributed by atoms with van der Waals surface area (Å²) in [6.07, 6.45) is 1.55. The lowest BCUT2D eigenvalue weighted by molar-refractivity contribution is 0.734. The zero-order valence-electron chi connectivity index (χ0n) is 10.7. The fraction of sp³-hybridized carbons (Fsp3) is 0.333. The molecule has 0 N–H and O–H groups in total. The zero-order chi connectivity index (χ0) is 13.0. The molecule has 18 heavy (non-hydrogen) atoms. The van der Waals surface area contributed by atoms with Crippen molar-refractivity contribution < 1.29 is 0 Å². The predicted octanol–water partition coefficient (Wildman–Crippen LogP) is 4.39. The highest BCUT2D eigenvalue weighted by atomic mass is 32.1. The van der Waals surface area contributed by atoms with E-state index < -0.39 is 0 Å². The summed E-state index contributed by atoms with van der Waals surface area (Å²) in [6, 6.07) is 10.7. The molecule has 0 saturated carbocycles. The fourth-order valence-electron chi connectivity index (χ4n) is 1.81. The highest BCUT2D eigenvalue weighted by Gasteiger charge is 2.06. The molecule has 0 amide bonds. The van der Waals surface area contributed by atoms with E-state index in [2.05, 4.69) is 49.2 Å². The molecule has 1 aromatic heterocycles. The van der Waals surface area contributed by atoms with Crippen molar-refractivity contribution in [3.8, 4) is 17.3 Å². The van der Waals surface area contributed by atoms with Crippen molar-refractivity contribution in [2.24, 2.45) is 0 Å². The topological polar surface area (TPSA) is 36.7 Å². The van der Waals surface area contributed by atoms with Crippen molar-refractivity contribution in [3.63, 3.8) is 0 Å². The van der Waals surface area contributed by atoms with Crippen LogP contribution in [0.3, 0.4) is 0 Å². The number of nitriles is 1. The van der Waals surface area contributed by atoms with Crippen LogP contribution in [0.5, 0.6) is 0 Å². The lowest BCUT2D eigenvalue weighted by Crippen LogP contribution is -1.90. The van der Waals surface area contributed by atoms with E-state index in [9.17, 15) is 0 Å². The average molecular weight is 256 g/mol. The van der Waals surface area contributed by atoms with Gasteiger partial charge in [-0.1, -0.05) is 38.1 Å². The van der Waals surface area contributed by atoms with Crippen LogP contribution in [0, 0.1) is 11.3 Å². The summed E-state index contributed by atoms with van der Waals surface area (Å²) in [7, 11) is 0. The summed E-state index contributed by atoms with van der Waals surface area (Å²) in [5.74, 6) is 0.601. The maximum atomic E-state index is 8.64. The van der Waals surface area contributed by atoms with Crippen LogP contribution in [-0.4, -0.2) is 4.98 Å². The molecule has 1 aromatic carbocycles. The summed E-state index contributed by atoms with van der Waals surface area (Å²) in [5.41, 5.74) is 3.47. The van der Waals surface area contributed by atoms with Crippen molar-refractivity contribution in [2.45, 2.75) is 32.6 Å². The number of aromatic nitrogens is 1. The molecular weight excluding hydrogens is 240 g/mol. The zero-order valence-corrected chi connectivity index (χ0v) is 11.5. The number of nitrogens with zero attached hydrogens (tertiary/aromatic N) is 2. The van der Waals surface area contributed by atoms with Crippen molar-refractivity contribution in [1.29, 1.82) is 5.26 Å². The SMILES string of the molecule is CCC(C)c1ccc(-c2csc(CC#N)n2)cc1. The lowest BCUT2D eigenvalue weighted by Gasteiger charge is -2.08. The van der Waals surface area contributed by atoms with Crippen LogP contribution in [0.2, 0.25) is 0 Å². The van der Waals surface area contributed by atoms with Gasteiger partial charge >= 0.3 is 0 Å². The Labute approximate surface area is 112 Å². The summed E-state index contributed by atoms with van der Waals surface area (Å²) in [5, 5.41) is 11.5. The van der Waals surface area contributed by atoms with Gasteiger partial charge in [-0.2, -0.15) is 5.26 Å². The lowest BCUT2D eigenvalue weighted by atomic mass is 9.97. The number of benzene rings is 1. The van der Waals surface area contributed by atoms with Crippen LogP contribution >= 0.6 is 11.3 Å². The van der Waals surface area contributed by atoms with Crippen LogP contribution in [0.4, 0.5) is 0 Å². The Morgan fingerprint density at radius 1 is 1.33 bits per heavy atom. The third kappa shape index (κ3) is 2.77. The molecule has 1 heterocycles. The second kappa shape index (κ2) is 5.79. The van der Waals surface area contributed by atoms with E-state index >= 15 is 0 Å². The molecule has 0 aliphatic rings. The first-order valence-electron chi connectivity index (χ1n) is 6.16. The Morgan fingerprint density at radius 3 is 2.67 bits per heavy atom. The Bertz CT molecular complexity index is 549. The third-order valence-corrected chi connectivity index (χ3v) is 4.02. The van der Waals surface area contributed by atoms with Crippen LogP contribution in [0.25, 0.3) is 11.3 Å². The fourth-order valence-corrected chi connectivity index (χ4v) is 2.55. The van der Waals surface area contributed by atoms with E-state index in [1.54, 1.807) is 11.3 Å². The number of hydrogen-bond donors (Lipinski definition) is 0. The molecule has 2 rings (SSSR count). The van der Waals surface area contributed by atoms with E-state index in [0.29, 0.717) is 12.3 Å². The molecule has 0 spiro atoms. The third-order valence-electron chi connectivity index (χ3n) is 3.17. The van der Waals surface area contributed by atoms with E-state index in [-0.39, 0.29) is 0 Å². The average Bonchev–Trinajstić information content (AvgIpc) is 2.87. The first-order chi connectivity index (χ1) is 8.74. The smallest absolute Gasteiger partial charge is 0.107 e. The standard InChI is InChI=1S/C15H16N2S/c1-3-11(2)12-4-6-13(7-5-12)14-10-18-15(17-14)8-9-16/h4-7,10-11H,3,8H2,1-2H3. The summed E-state index contributed by atoms with van der Waals surface area (Å²) < 4.78 is 0. The van der Waals surface area contributed by atoms with E-state index in [4.69, 9.17) is 5.26 Å². The van der Waals surface area contributed by atoms with Crippen molar-refractivity contribution in [3.05, 3.63) is 40.2 Å². The number of thiazole rings is 1. The molecule has 3 heteroatoms. The summed E-state index contributed by atoms with van der Waals surface area (Å²) in [4.78, 5) is 4.46. The Hall–Kier alpha value is -1.66. The molecule has 0 aliphatic carbocycles. The van der Waals surface area contributed by atoms with Gasteiger partial charge in [0.2, 0.25) is 0 Å². The summed E-state index contributed by atoms with van der Waals surface area (Å²) >= 11 is 1.55. The van der Waals surface area contributed by atoms with Crippen LogP contribution in [0.1, 0.15) is 36.8 Å². The molecule has 2 aromatic rings. The molecule has 0 radical (unpaired) electrons. The van der Waals surface area contributed by atoms with Crippen LogP contribution in [0.15, 0.2) is 29.6 Å². The molecule has 0 fully saturated rings. The molecule has 0 bridgehead atoms. The minimum Gasteiger partial charge on any atom is -0.240 e. The largest absolute Gasteiger partial charge is 0.240 e. The van der Waals surface area contributed by atoms with Crippen LogP contribution < -0.4 is 0 Å². The first kappa shape index (κ1) is 12.8. The molecule has 1 unspecified atom stereocenters. The quantitative estimate of drug-likeness (QED) is 0.813. The summed E-state index contributed by atoms with van der Waals surface area (Å²) in [6.45, 7) is 4.44. The van der Waals surface area contributed by atoms with Gasteiger partial charge in [0.25, 0.3) is 0 Å². The van der Waals surface area contributed by atoms with Crippen molar-refractivity contribution in [2.75, 3.05) is 0 Å². The molecular formula is C15H16N2S. The van der Waals surface area contributed by atoms with Crippen LogP contribution in [-0.2, 0) is 6.42 Å². The normalized spacial score (nSPS) is 12.1. The highest BCUT2D eigenvalue weighted by Crippen LogP contribution is 2.25. The van der Waals surface area contributed by atoms with E-state index in [1.807, 2.05) is 5.38 Å². The number of rotatable bonds is 4. The monoisotopic (exact) mass is 256 g/mol. The molecule has 0 aliphatic heterocycles. The van der Waals surface area contributed by atoms with Crippen molar-refractivity contribution in [1.82, 2.24) is 4.98 Å². The van der Waals surface area contributed by atoms with E-state index in [0.717, 1.165) is 22.7 Å². The van der Waals surface area contributed by atoms with Gasteiger partial charge in [-0.3, -0.25) is 0 Å². The van der Waals surface area contributed by atoms with Gasteiger partial charge in [-0.15, -0.1) is 11.3 Å². The maximum Gasteiger partial charge on any atom is 0.107 e. The maximum absolute atomic E-state index is 8.64. The number of hydrogen-bond acceptors (Lipinski definition) is 3. The molecule has 92 valence electrons. The Balaban J connectivity index is 2.20. The van der Waals surface area contributed by atoms with Gasteiger partial charge in [-0.05, 0) is 17.9 Å².